The van der Waals surface area contributed by atoms with E-state index in [0.717, 1.165) is 0 Å². The molecule has 1 heterocycles. The van der Waals surface area contributed by atoms with Crippen molar-refractivity contribution in [1.82, 2.24) is 9.71 Å². The Morgan fingerprint density at radius 3 is 2.05 bits per heavy atom. The monoisotopic (exact) mass is 586 g/mol. The predicted molar refractivity (Wildman–Crippen MR) is 156 cm³/mol. The highest BCUT2D eigenvalue weighted by Crippen LogP contribution is 2.43. The summed E-state index contributed by atoms with van der Waals surface area (Å²) in [7, 11) is -4.64. The topological polar surface area (TPSA) is 120 Å². The summed E-state index contributed by atoms with van der Waals surface area (Å²) in [6.07, 6.45) is 1.85. The molecule has 1 aromatic heterocycles. The van der Waals surface area contributed by atoms with E-state index in [1.807, 2.05) is 6.92 Å². The van der Waals surface area contributed by atoms with Crippen LogP contribution in [0.2, 0.25) is 36.3 Å². The van der Waals surface area contributed by atoms with Crippen molar-refractivity contribution >= 4 is 45.8 Å². The number of ether oxygens (including phenoxy) is 1. The van der Waals surface area contributed by atoms with E-state index in [1.54, 1.807) is 6.33 Å². The number of carbonyl (C=O) groups is 2. The fourth-order valence-electron chi connectivity index (χ4n) is 3.92. The Morgan fingerprint density at radius 2 is 1.61 bits per heavy atom. The molecular formula is C26H46N2O7SSi2. The van der Waals surface area contributed by atoms with E-state index in [2.05, 4.69) is 72.7 Å². The Bertz CT molecular complexity index is 997. The van der Waals surface area contributed by atoms with Crippen LogP contribution in [-0.2, 0) is 14.3 Å². The smallest absolute Gasteiger partial charge is 0.321 e. The molecule has 1 fully saturated rings. The molecule has 1 aliphatic rings. The molecule has 12 heteroatoms. The molecule has 0 bridgehead atoms. The molecule has 216 valence electrons. The maximum absolute atomic E-state index is 12.1. The van der Waals surface area contributed by atoms with Crippen LogP contribution in [0.5, 0.6) is 5.88 Å². The first-order valence-corrected chi connectivity index (χ1v) is 19.5. The largest absolute Gasteiger partial charge is 0.529 e. The Kier molecular flexibility index (Phi) is 9.28. The lowest BCUT2D eigenvalue weighted by Gasteiger charge is -2.40. The normalized spacial score (nSPS) is 20.5. The number of imidazole rings is 1. The fraction of sp³-hybridized carbons (Fsp3) is 0.769. The molecule has 2 rings (SSSR count). The van der Waals surface area contributed by atoms with Crippen LogP contribution in [0, 0.1) is 11.3 Å². The van der Waals surface area contributed by atoms with Crippen LogP contribution in [-0.4, -0.2) is 59.7 Å². The minimum Gasteiger partial charge on any atom is -0.529 e. The molecule has 9 nitrogen and oxygen atoms in total. The van der Waals surface area contributed by atoms with Crippen molar-refractivity contribution in [1.29, 1.82) is 0 Å². The zero-order valence-corrected chi connectivity index (χ0v) is 27.6. The van der Waals surface area contributed by atoms with Gasteiger partial charge in [0.05, 0.1) is 0 Å². The summed E-state index contributed by atoms with van der Waals surface area (Å²) in [5.74, 6) is -2.44. The lowest BCUT2D eigenvalue weighted by molar-refractivity contribution is -0.171. The first kappa shape index (κ1) is 32.3. The number of rotatable bonds is 9. The van der Waals surface area contributed by atoms with Crippen molar-refractivity contribution in [2.75, 3.05) is 0 Å². The average Bonchev–Trinajstić information content (AvgIpc) is 3.12. The van der Waals surface area contributed by atoms with Crippen LogP contribution in [0.15, 0.2) is 6.33 Å². The number of aromatic nitrogens is 2. The van der Waals surface area contributed by atoms with Crippen molar-refractivity contribution in [3.05, 3.63) is 12.0 Å². The maximum Gasteiger partial charge on any atom is 0.321 e. The summed E-state index contributed by atoms with van der Waals surface area (Å²) in [4.78, 5) is 28.7. The Hall–Kier alpha value is -1.93. The van der Waals surface area contributed by atoms with Crippen molar-refractivity contribution in [2.24, 2.45) is 11.3 Å². The van der Waals surface area contributed by atoms with Crippen LogP contribution in [0.1, 0.15) is 79.8 Å². The zero-order chi connectivity index (χ0) is 29.5. The van der Waals surface area contributed by atoms with E-state index in [0.29, 0.717) is 24.4 Å². The van der Waals surface area contributed by atoms with Gasteiger partial charge in [-0.15, -0.1) is 0 Å². The molecule has 0 amide bonds. The van der Waals surface area contributed by atoms with Gasteiger partial charge in [-0.3, -0.25) is 9.59 Å². The van der Waals surface area contributed by atoms with Gasteiger partial charge in [-0.2, -0.15) is 9.71 Å². The quantitative estimate of drug-likeness (QED) is 0.200. The average molecular weight is 587 g/mol. The molecular weight excluding hydrogens is 541 g/mol. The van der Waals surface area contributed by atoms with Crippen molar-refractivity contribution in [2.45, 2.75) is 117 Å². The molecule has 0 aliphatic heterocycles. The minimum absolute atomic E-state index is 0.0396. The van der Waals surface area contributed by atoms with E-state index in [1.165, 1.54) is 4.73 Å². The van der Waals surface area contributed by atoms with Gasteiger partial charge in [0, 0.05) is 6.42 Å². The molecule has 0 unspecified atom stereocenters. The predicted octanol–water partition coefficient (Wildman–Crippen LogP) is 6.13. The molecule has 1 aromatic rings. The summed E-state index contributed by atoms with van der Waals surface area (Å²) >= 11 is 5.80. The Morgan fingerprint density at radius 1 is 1.08 bits per heavy atom. The second kappa shape index (κ2) is 10.9. The SMILES string of the molecule is CC[C@@H]1CCC(C(=O)O)(C(=O)O)C[C@H]1OC(=S)c1c(O[Si](C)(C)C(C)(C)C)ncn1O[Si](C)(C)C(C)(C)C. The second-order valence-electron chi connectivity index (χ2n) is 13.5. The molecule has 1 aliphatic carbocycles. The summed E-state index contributed by atoms with van der Waals surface area (Å²) in [6.45, 7) is 23.2. The van der Waals surface area contributed by atoms with Crippen molar-refractivity contribution in [3.63, 3.8) is 0 Å². The summed E-state index contributed by atoms with van der Waals surface area (Å²) < 4.78 is 20.9. The number of thiocarbonyl (C=S) groups is 1. The van der Waals surface area contributed by atoms with Gasteiger partial charge in [-0.1, -0.05) is 48.5 Å². The molecule has 1 saturated carbocycles. The Balaban J connectivity index is 2.54. The Labute approximate surface area is 234 Å². The number of aliphatic carboxylic acids is 2. The number of hydrogen-bond acceptors (Lipinski definition) is 7. The molecule has 0 aromatic carbocycles. The third-order valence-electron chi connectivity index (χ3n) is 8.81. The van der Waals surface area contributed by atoms with Gasteiger partial charge in [0.15, 0.2) is 11.1 Å². The van der Waals surface area contributed by atoms with Crippen molar-refractivity contribution in [3.8, 4) is 5.88 Å². The third kappa shape index (κ3) is 6.44. The number of carboxylic acids is 2. The highest BCUT2D eigenvalue weighted by atomic mass is 32.1. The lowest BCUT2D eigenvalue weighted by Crippen LogP contribution is -2.50. The molecule has 0 saturated heterocycles. The van der Waals surface area contributed by atoms with Gasteiger partial charge in [-0.25, -0.2) is 0 Å². The molecule has 0 spiro atoms. The standard InChI is InChI=1S/C26H46N2O7SSi2/c1-12-17-13-14-26(22(29)30,23(31)32)15-18(17)33-21(36)19-20(34-37(8,9)24(2,3)4)27-16-28(19)35-38(10,11)25(5,6)7/h16-18H,12-15H2,1-11H3,(H,29,30)(H,31,32)/t17-,18-/m1/s1. The van der Waals surface area contributed by atoms with E-state index >= 15 is 0 Å². The lowest BCUT2D eigenvalue weighted by atomic mass is 9.68. The van der Waals surface area contributed by atoms with E-state index < -0.39 is 40.1 Å². The summed E-state index contributed by atoms with van der Waals surface area (Å²) in [5, 5.41) is 19.5. The van der Waals surface area contributed by atoms with Gasteiger partial charge in [0.1, 0.15) is 12.4 Å². The van der Waals surface area contributed by atoms with Gasteiger partial charge in [0.2, 0.25) is 10.9 Å². The summed E-state index contributed by atoms with van der Waals surface area (Å²) in [5.41, 5.74) is -1.55. The van der Waals surface area contributed by atoms with Crippen LogP contribution in [0.3, 0.4) is 0 Å². The first-order chi connectivity index (χ1) is 17.1. The summed E-state index contributed by atoms with van der Waals surface area (Å²) in [6, 6.07) is 0. The minimum atomic E-state index is -2.32. The highest BCUT2D eigenvalue weighted by Gasteiger charge is 2.53. The van der Waals surface area contributed by atoms with Crippen LogP contribution in [0.4, 0.5) is 0 Å². The van der Waals surface area contributed by atoms with Gasteiger partial charge in [0.25, 0.3) is 16.6 Å². The maximum atomic E-state index is 12.1. The van der Waals surface area contributed by atoms with E-state index in [4.69, 9.17) is 25.9 Å². The second-order valence-corrected chi connectivity index (χ2v) is 23.3. The van der Waals surface area contributed by atoms with Gasteiger partial charge < -0.3 is 23.9 Å². The fourth-order valence-corrected chi connectivity index (χ4v) is 6.07. The van der Waals surface area contributed by atoms with Gasteiger partial charge >= 0.3 is 11.9 Å². The molecule has 38 heavy (non-hydrogen) atoms. The van der Waals surface area contributed by atoms with E-state index in [-0.39, 0.29) is 33.9 Å². The van der Waals surface area contributed by atoms with Crippen LogP contribution in [0.25, 0.3) is 0 Å². The molecule has 2 N–H and O–H groups in total. The van der Waals surface area contributed by atoms with E-state index in [9.17, 15) is 19.8 Å². The number of hydrogen-bond donors (Lipinski definition) is 2. The number of carboxylic acid groups (broad SMARTS) is 2. The van der Waals surface area contributed by atoms with Crippen LogP contribution >= 0.6 is 12.2 Å². The third-order valence-corrected chi connectivity index (χ3v) is 17.7. The highest BCUT2D eigenvalue weighted by molar-refractivity contribution is 7.80. The van der Waals surface area contributed by atoms with Crippen molar-refractivity contribution < 1.29 is 33.5 Å². The zero-order valence-electron chi connectivity index (χ0n) is 24.8. The molecule has 2 atom stereocenters. The number of nitrogens with zero attached hydrogens (tertiary/aromatic N) is 2. The van der Waals surface area contributed by atoms with Crippen LogP contribution < -0.4 is 8.95 Å². The van der Waals surface area contributed by atoms with Gasteiger partial charge in [-0.05, 0) is 73.7 Å². The first-order valence-electron chi connectivity index (χ1n) is 13.2. The molecule has 0 radical (unpaired) electrons.